The van der Waals surface area contributed by atoms with Crippen LogP contribution in [-0.4, -0.2) is 49.1 Å². The fourth-order valence-corrected chi connectivity index (χ4v) is 2.71. The molecule has 2 unspecified atom stereocenters. The Morgan fingerprint density at radius 1 is 1.39 bits per heavy atom. The van der Waals surface area contributed by atoms with Gasteiger partial charge in [-0.25, -0.2) is 0 Å². The molecular formula is C15H25N3. The van der Waals surface area contributed by atoms with Crippen molar-refractivity contribution in [3.63, 3.8) is 0 Å². The average molecular weight is 247 g/mol. The largest absolute Gasteiger partial charge is 0.323 e. The maximum atomic E-state index is 6.34. The lowest BCUT2D eigenvalue weighted by molar-refractivity contribution is 0.0945. The van der Waals surface area contributed by atoms with Gasteiger partial charge in [0.2, 0.25) is 0 Å². The third-order valence-corrected chi connectivity index (χ3v) is 3.87. The molecule has 1 saturated heterocycles. The summed E-state index contributed by atoms with van der Waals surface area (Å²) in [6.07, 6.45) is 0. The summed E-state index contributed by atoms with van der Waals surface area (Å²) < 4.78 is 0. The number of rotatable bonds is 3. The quantitative estimate of drug-likeness (QED) is 0.881. The molecular weight excluding hydrogens is 222 g/mol. The van der Waals surface area contributed by atoms with Gasteiger partial charge in [-0.2, -0.15) is 0 Å². The molecule has 3 nitrogen and oxygen atoms in total. The van der Waals surface area contributed by atoms with Crippen LogP contribution in [0.15, 0.2) is 24.3 Å². The molecule has 0 radical (unpaired) electrons. The van der Waals surface area contributed by atoms with Gasteiger partial charge in [0.1, 0.15) is 0 Å². The first kappa shape index (κ1) is 13.5. The fraction of sp³-hybridized carbons (Fsp3) is 0.600. The molecule has 0 aliphatic carbocycles. The van der Waals surface area contributed by atoms with Crippen LogP contribution in [0.3, 0.4) is 0 Å². The number of nitrogens with two attached hydrogens (primary N) is 1. The van der Waals surface area contributed by atoms with Crippen molar-refractivity contribution in [2.45, 2.75) is 25.9 Å². The van der Waals surface area contributed by atoms with Gasteiger partial charge in [-0.3, -0.25) is 4.90 Å². The minimum Gasteiger partial charge on any atom is -0.323 e. The minimum absolute atomic E-state index is 0.121. The second-order valence-corrected chi connectivity index (χ2v) is 5.63. The molecule has 1 aliphatic heterocycles. The molecule has 2 rings (SSSR count). The summed E-state index contributed by atoms with van der Waals surface area (Å²) in [5, 5.41) is 0. The van der Waals surface area contributed by atoms with E-state index in [4.69, 9.17) is 5.73 Å². The van der Waals surface area contributed by atoms with E-state index in [-0.39, 0.29) is 6.04 Å². The van der Waals surface area contributed by atoms with E-state index in [1.54, 1.807) is 0 Å². The van der Waals surface area contributed by atoms with Crippen molar-refractivity contribution in [3.05, 3.63) is 35.4 Å². The van der Waals surface area contributed by atoms with Crippen LogP contribution in [-0.2, 0) is 0 Å². The van der Waals surface area contributed by atoms with Crippen LogP contribution in [0.5, 0.6) is 0 Å². The highest BCUT2D eigenvalue weighted by molar-refractivity contribution is 5.25. The Labute approximate surface area is 111 Å². The fourth-order valence-electron chi connectivity index (χ4n) is 2.71. The van der Waals surface area contributed by atoms with Crippen LogP contribution in [0, 0.1) is 6.92 Å². The number of benzene rings is 1. The second kappa shape index (κ2) is 5.83. The zero-order valence-corrected chi connectivity index (χ0v) is 11.8. The van der Waals surface area contributed by atoms with E-state index in [9.17, 15) is 0 Å². The Hall–Kier alpha value is -0.900. The van der Waals surface area contributed by atoms with Crippen LogP contribution < -0.4 is 5.73 Å². The highest BCUT2D eigenvalue weighted by Gasteiger charge is 2.23. The van der Waals surface area contributed by atoms with Crippen molar-refractivity contribution in [2.24, 2.45) is 5.73 Å². The van der Waals surface area contributed by atoms with E-state index >= 15 is 0 Å². The van der Waals surface area contributed by atoms with Gasteiger partial charge in [0.15, 0.2) is 0 Å². The molecule has 1 heterocycles. The van der Waals surface area contributed by atoms with E-state index in [1.165, 1.54) is 11.1 Å². The Kier molecular flexibility index (Phi) is 4.38. The second-order valence-electron chi connectivity index (χ2n) is 5.63. The lowest BCUT2D eigenvalue weighted by Gasteiger charge is -2.39. The monoisotopic (exact) mass is 247 g/mol. The number of aryl methyl sites for hydroxylation is 1. The molecule has 0 saturated carbocycles. The lowest BCUT2D eigenvalue weighted by atomic mass is 10.0. The first-order valence-corrected chi connectivity index (χ1v) is 6.81. The summed E-state index contributed by atoms with van der Waals surface area (Å²) in [7, 11) is 2.19. The lowest BCUT2D eigenvalue weighted by Crippen LogP contribution is -2.52. The van der Waals surface area contributed by atoms with Gasteiger partial charge in [-0.1, -0.05) is 29.8 Å². The Morgan fingerprint density at radius 3 is 2.83 bits per heavy atom. The van der Waals surface area contributed by atoms with Crippen molar-refractivity contribution < 1.29 is 0 Å². The maximum absolute atomic E-state index is 6.34. The summed E-state index contributed by atoms with van der Waals surface area (Å²) in [5.74, 6) is 0. The highest BCUT2D eigenvalue weighted by atomic mass is 15.3. The summed E-state index contributed by atoms with van der Waals surface area (Å²) in [6.45, 7) is 8.77. The molecule has 18 heavy (non-hydrogen) atoms. The zero-order chi connectivity index (χ0) is 13.1. The van der Waals surface area contributed by atoms with Gasteiger partial charge >= 0.3 is 0 Å². The topological polar surface area (TPSA) is 32.5 Å². The van der Waals surface area contributed by atoms with Crippen molar-refractivity contribution in [1.82, 2.24) is 9.80 Å². The minimum atomic E-state index is 0.121. The van der Waals surface area contributed by atoms with Gasteiger partial charge in [0.25, 0.3) is 0 Å². The van der Waals surface area contributed by atoms with Crippen LogP contribution in [0.25, 0.3) is 0 Å². The first-order chi connectivity index (χ1) is 8.56. The molecule has 3 heteroatoms. The van der Waals surface area contributed by atoms with Gasteiger partial charge in [0.05, 0.1) is 0 Å². The number of hydrogen-bond donors (Lipinski definition) is 1. The SMILES string of the molecule is Cc1cccc(C(N)CN2CCN(C)CC2C)c1. The smallest absolute Gasteiger partial charge is 0.0424 e. The molecule has 0 spiro atoms. The molecule has 0 bridgehead atoms. The van der Waals surface area contributed by atoms with E-state index < -0.39 is 0 Å². The molecule has 2 N–H and O–H groups in total. The molecule has 1 aromatic carbocycles. The number of hydrogen-bond acceptors (Lipinski definition) is 3. The third kappa shape index (κ3) is 3.31. The third-order valence-electron chi connectivity index (χ3n) is 3.87. The Bertz CT molecular complexity index is 391. The van der Waals surface area contributed by atoms with Crippen molar-refractivity contribution in [3.8, 4) is 0 Å². The molecule has 100 valence electrons. The predicted octanol–water partition coefficient (Wildman–Crippen LogP) is 1.63. The van der Waals surface area contributed by atoms with Crippen LogP contribution in [0.1, 0.15) is 24.1 Å². The molecule has 0 aromatic heterocycles. The summed E-state index contributed by atoms with van der Waals surface area (Å²) in [6, 6.07) is 9.27. The molecule has 2 atom stereocenters. The number of piperazine rings is 1. The summed E-state index contributed by atoms with van der Waals surface area (Å²) in [4.78, 5) is 4.90. The predicted molar refractivity (Wildman–Crippen MR) is 76.6 cm³/mol. The van der Waals surface area contributed by atoms with Crippen molar-refractivity contribution in [2.75, 3.05) is 33.2 Å². The molecule has 1 fully saturated rings. The van der Waals surface area contributed by atoms with Crippen molar-refractivity contribution in [1.29, 1.82) is 0 Å². The van der Waals surface area contributed by atoms with Gasteiger partial charge in [-0.15, -0.1) is 0 Å². The maximum Gasteiger partial charge on any atom is 0.0424 e. The Morgan fingerprint density at radius 2 is 2.17 bits per heavy atom. The Balaban J connectivity index is 1.97. The van der Waals surface area contributed by atoms with E-state index in [0.29, 0.717) is 6.04 Å². The van der Waals surface area contributed by atoms with Gasteiger partial charge < -0.3 is 10.6 Å². The van der Waals surface area contributed by atoms with Crippen LogP contribution in [0.2, 0.25) is 0 Å². The highest BCUT2D eigenvalue weighted by Crippen LogP contribution is 2.16. The van der Waals surface area contributed by atoms with Crippen LogP contribution in [0.4, 0.5) is 0 Å². The average Bonchev–Trinajstić information content (AvgIpc) is 2.32. The standard InChI is InChI=1S/C15H25N3/c1-12-5-4-6-14(9-12)15(16)11-18-8-7-17(3)10-13(18)2/h4-6,9,13,15H,7-8,10-11,16H2,1-3H3. The zero-order valence-electron chi connectivity index (χ0n) is 11.8. The molecule has 1 aromatic rings. The molecule has 1 aliphatic rings. The normalized spacial score (nSPS) is 24.1. The van der Waals surface area contributed by atoms with Crippen molar-refractivity contribution >= 4 is 0 Å². The van der Waals surface area contributed by atoms with Crippen LogP contribution >= 0.6 is 0 Å². The van der Waals surface area contributed by atoms with E-state index in [0.717, 1.165) is 26.2 Å². The summed E-state index contributed by atoms with van der Waals surface area (Å²) in [5.41, 5.74) is 8.87. The number of nitrogens with zero attached hydrogens (tertiary/aromatic N) is 2. The summed E-state index contributed by atoms with van der Waals surface area (Å²) >= 11 is 0. The van der Waals surface area contributed by atoms with E-state index in [2.05, 4.69) is 55.0 Å². The first-order valence-electron chi connectivity index (χ1n) is 6.81. The van der Waals surface area contributed by atoms with Gasteiger partial charge in [0, 0.05) is 38.3 Å². The van der Waals surface area contributed by atoms with E-state index in [1.807, 2.05) is 0 Å². The molecule has 0 amide bonds. The number of likely N-dealkylation sites (N-methyl/N-ethyl adjacent to an activating group) is 1. The van der Waals surface area contributed by atoms with Gasteiger partial charge in [-0.05, 0) is 26.5 Å².